The fourth-order valence-electron chi connectivity index (χ4n) is 3.00. The maximum Gasteiger partial charge on any atom is 0.417 e. The second-order valence-electron chi connectivity index (χ2n) is 6.33. The minimum absolute atomic E-state index is 0.0476. The Balaban J connectivity index is 1.50. The molecule has 2 aromatic heterocycles. The van der Waals surface area contributed by atoms with Crippen LogP contribution >= 0.6 is 0 Å². The molecule has 2 aromatic rings. The number of hydrogen-bond donors (Lipinski definition) is 1. The van der Waals surface area contributed by atoms with E-state index in [0.29, 0.717) is 38.3 Å². The molecule has 0 unspecified atom stereocenters. The van der Waals surface area contributed by atoms with Crippen molar-refractivity contribution in [3.05, 3.63) is 42.1 Å². The summed E-state index contributed by atoms with van der Waals surface area (Å²) in [6.45, 7) is 1.54. The number of carbonyl (C=O) groups excluding carboxylic acids is 1. The van der Waals surface area contributed by atoms with Gasteiger partial charge in [-0.1, -0.05) is 0 Å². The van der Waals surface area contributed by atoms with E-state index in [1.54, 1.807) is 6.20 Å². The molecule has 0 spiro atoms. The van der Waals surface area contributed by atoms with E-state index in [4.69, 9.17) is 0 Å². The van der Waals surface area contributed by atoms with Crippen LogP contribution in [-0.4, -0.2) is 40.1 Å². The monoisotopic (exact) mass is 367 g/mol. The Labute approximate surface area is 149 Å². The molecule has 0 aromatic carbocycles. The zero-order valence-electron chi connectivity index (χ0n) is 14.3. The van der Waals surface area contributed by atoms with E-state index in [0.717, 1.165) is 18.1 Å². The fourth-order valence-corrected chi connectivity index (χ4v) is 3.00. The number of nitrogens with one attached hydrogen (secondary N) is 1. The predicted octanol–water partition coefficient (Wildman–Crippen LogP) is 2.02. The SMILES string of the molecule is Cn1ccnc1CCNC(=O)[C@@H]1CCN(c2ccc(C(F)(F)F)cn2)C1. The van der Waals surface area contributed by atoms with Gasteiger partial charge in [0.2, 0.25) is 5.91 Å². The van der Waals surface area contributed by atoms with Crippen molar-refractivity contribution in [2.75, 3.05) is 24.5 Å². The Bertz CT molecular complexity index is 757. The third-order valence-electron chi connectivity index (χ3n) is 4.53. The number of halogens is 3. The number of pyridine rings is 1. The molecular weight excluding hydrogens is 347 g/mol. The molecule has 1 saturated heterocycles. The molecule has 3 rings (SSSR count). The average Bonchev–Trinajstić information content (AvgIpc) is 3.24. The van der Waals surface area contributed by atoms with Gasteiger partial charge in [0.15, 0.2) is 0 Å². The van der Waals surface area contributed by atoms with Gasteiger partial charge in [-0.3, -0.25) is 4.79 Å². The maximum atomic E-state index is 12.6. The van der Waals surface area contributed by atoms with Crippen LogP contribution in [0.5, 0.6) is 0 Å². The Kier molecular flexibility index (Phi) is 5.15. The smallest absolute Gasteiger partial charge is 0.356 e. The third kappa shape index (κ3) is 4.14. The van der Waals surface area contributed by atoms with Gasteiger partial charge in [-0.05, 0) is 18.6 Å². The molecule has 0 saturated carbocycles. The number of hydrogen-bond acceptors (Lipinski definition) is 4. The summed E-state index contributed by atoms with van der Waals surface area (Å²) < 4.78 is 39.7. The number of carbonyl (C=O) groups is 1. The van der Waals surface area contributed by atoms with Crippen LogP contribution in [-0.2, 0) is 24.4 Å². The lowest BCUT2D eigenvalue weighted by atomic mass is 10.1. The van der Waals surface area contributed by atoms with Crippen LogP contribution in [0.4, 0.5) is 19.0 Å². The summed E-state index contributed by atoms with van der Waals surface area (Å²) in [7, 11) is 1.90. The van der Waals surface area contributed by atoms with E-state index < -0.39 is 11.7 Å². The van der Waals surface area contributed by atoms with Crippen molar-refractivity contribution in [1.82, 2.24) is 19.9 Å². The maximum absolute atomic E-state index is 12.6. The van der Waals surface area contributed by atoms with Crippen LogP contribution in [0.25, 0.3) is 0 Å². The third-order valence-corrected chi connectivity index (χ3v) is 4.53. The summed E-state index contributed by atoms with van der Waals surface area (Å²) in [5.74, 6) is 1.11. The Morgan fingerprint density at radius 1 is 1.35 bits per heavy atom. The minimum atomic E-state index is -4.40. The summed E-state index contributed by atoms with van der Waals surface area (Å²) in [5, 5.41) is 2.90. The van der Waals surface area contributed by atoms with Gasteiger partial charge >= 0.3 is 6.18 Å². The first-order chi connectivity index (χ1) is 12.3. The van der Waals surface area contributed by atoms with Crippen LogP contribution in [0.2, 0.25) is 0 Å². The van der Waals surface area contributed by atoms with Crippen LogP contribution in [0, 0.1) is 5.92 Å². The first-order valence-electron chi connectivity index (χ1n) is 8.36. The number of nitrogens with zero attached hydrogens (tertiary/aromatic N) is 4. The van der Waals surface area contributed by atoms with Gasteiger partial charge in [-0.15, -0.1) is 0 Å². The molecule has 1 amide bonds. The number of aromatic nitrogens is 3. The highest BCUT2D eigenvalue weighted by molar-refractivity contribution is 5.80. The standard InChI is InChI=1S/C17H20F3N5O/c1-24-9-7-21-14(24)4-6-22-16(26)12-5-8-25(11-12)15-3-2-13(10-23-15)17(18,19)20/h2-3,7,9-10,12H,4-6,8,11H2,1H3,(H,22,26)/t12-/m1/s1. The summed E-state index contributed by atoms with van der Waals surface area (Å²) in [6.07, 6.45) is 1.29. The highest BCUT2D eigenvalue weighted by Crippen LogP contribution is 2.30. The van der Waals surface area contributed by atoms with Crippen molar-refractivity contribution in [3.63, 3.8) is 0 Å². The summed E-state index contributed by atoms with van der Waals surface area (Å²) in [4.78, 5) is 22.2. The molecule has 1 atom stereocenters. The highest BCUT2D eigenvalue weighted by atomic mass is 19.4. The number of amides is 1. The largest absolute Gasteiger partial charge is 0.417 e. The summed E-state index contributed by atoms with van der Waals surface area (Å²) in [6, 6.07) is 2.37. The van der Waals surface area contributed by atoms with Crippen LogP contribution < -0.4 is 10.2 Å². The van der Waals surface area contributed by atoms with Gasteiger partial charge in [0.05, 0.1) is 11.5 Å². The van der Waals surface area contributed by atoms with E-state index in [1.807, 2.05) is 22.7 Å². The van der Waals surface area contributed by atoms with Gasteiger partial charge in [-0.2, -0.15) is 13.2 Å². The number of rotatable bonds is 5. The van der Waals surface area contributed by atoms with E-state index in [2.05, 4.69) is 15.3 Å². The Morgan fingerprint density at radius 2 is 2.15 bits per heavy atom. The van der Waals surface area contributed by atoms with E-state index in [9.17, 15) is 18.0 Å². The molecule has 1 aliphatic heterocycles. The molecule has 140 valence electrons. The van der Waals surface area contributed by atoms with Crippen molar-refractivity contribution in [2.24, 2.45) is 13.0 Å². The minimum Gasteiger partial charge on any atom is -0.356 e. The van der Waals surface area contributed by atoms with Crippen molar-refractivity contribution < 1.29 is 18.0 Å². The van der Waals surface area contributed by atoms with E-state index in [1.165, 1.54) is 6.07 Å². The van der Waals surface area contributed by atoms with Crippen molar-refractivity contribution >= 4 is 11.7 Å². The number of imidazole rings is 1. The molecule has 1 N–H and O–H groups in total. The molecule has 1 aliphatic rings. The van der Waals surface area contributed by atoms with Crippen LogP contribution in [0.1, 0.15) is 17.8 Å². The quantitative estimate of drug-likeness (QED) is 0.878. The molecule has 6 nitrogen and oxygen atoms in total. The normalized spacial score (nSPS) is 17.5. The lowest BCUT2D eigenvalue weighted by Gasteiger charge is -2.18. The topological polar surface area (TPSA) is 63.1 Å². The molecule has 26 heavy (non-hydrogen) atoms. The zero-order valence-corrected chi connectivity index (χ0v) is 14.3. The van der Waals surface area contributed by atoms with Crippen molar-refractivity contribution in [3.8, 4) is 0 Å². The zero-order chi connectivity index (χ0) is 18.7. The van der Waals surface area contributed by atoms with Crippen molar-refractivity contribution in [1.29, 1.82) is 0 Å². The Morgan fingerprint density at radius 3 is 2.77 bits per heavy atom. The first kappa shape index (κ1) is 18.2. The number of aryl methyl sites for hydroxylation is 1. The van der Waals surface area contributed by atoms with Gasteiger partial charge in [0.1, 0.15) is 11.6 Å². The molecular formula is C17H20F3N5O. The molecule has 0 aliphatic carbocycles. The fraction of sp³-hybridized carbons (Fsp3) is 0.471. The van der Waals surface area contributed by atoms with Gasteiger partial charge in [0.25, 0.3) is 0 Å². The number of alkyl halides is 3. The molecule has 9 heteroatoms. The second-order valence-corrected chi connectivity index (χ2v) is 6.33. The average molecular weight is 367 g/mol. The lowest BCUT2D eigenvalue weighted by molar-refractivity contribution is -0.137. The Hall–Kier alpha value is -2.58. The predicted molar refractivity (Wildman–Crippen MR) is 89.5 cm³/mol. The molecule has 0 radical (unpaired) electrons. The molecule has 0 bridgehead atoms. The lowest BCUT2D eigenvalue weighted by Crippen LogP contribution is -2.34. The summed E-state index contributed by atoms with van der Waals surface area (Å²) in [5.41, 5.74) is -0.774. The number of anilines is 1. The first-order valence-corrected chi connectivity index (χ1v) is 8.36. The van der Waals surface area contributed by atoms with Crippen LogP contribution in [0.15, 0.2) is 30.7 Å². The highest BCUT2D eigenvalue weighted by Gasteiger charge is 2.32. The van der Waals surface area contributed by atoms with E-state index in [-0.39, 0.29) is 11.8 Å². The molecule has 1 fully saturated rings. The van der Waals surface area contributed by atoms with Crippen LogP contribution in [0.3, 0.4) is 0 Å². The van der Waals surface area contributed by atoms with E-state index >= 15 is 0 Å². The van der Waals surface area contributed by atoms with Gasteiger partial charge < -0.3 is 14.8 Å². The second kappa shape index (κ2) is 7.35. The van der Waals surface area contributed by atoms with Crippen molar-refractivity contribution in [2.45, 2.75) is 19.0 Å². The summed E-state index contributed by atoms with van der Waals surface area (Å²) >= 11 is 0. The van der Waals surface area contributed by atoms with Gasteiger partial charge in [-0.25, -0.2) is 9.97 Å². The van der Waals surface area contributed by atoms with Gasteiger partial charge in [0, 0.05) is 51.7 Å². The molecule has 3 heterocycles.